The first-order chi connectivity index (χ1) is 18.9. The minimum Gasteiger partial charge on any atom is -0.488 e. The van der Waals surface area contributed by atoms with Crippen LogP contribution in [0, 0.1) is 0 Å². The molecule has 0 saturated heterocycles. The van der Waals surface area contributed by atoms with Crippen LogP contribution >= 0.6 is 0 Å². The van der Waals surface area contributed by atoms with Crippen molar-refractivity contribution in [3.8, 4) is 34.1 Å². The molecule has 4 aromatic rings. The fourth-order valence-electron chi connectivity index (χ4n) is 4.30. The second-order valence-corrected chi connectivity index (χ2v) is 9.57. The van der Waals surface area contributed by atoms with E-state index in [9.17, 15) is 4.79 Å². The summed E-state index contributed by atoms with van der Waals surface area (Å²) in [7, 11) is 3.02. The van der Waals surface area contributed by atoms with Crippen molar-refractivity contribution in [1.82, 2.24) is 0 Å². The molecule has 0 aliphatic carbocycles. The molecule has 0 fully saturated rings. The van der Waals surface area contributed by atoms with E-state index >= 15 is 0 Å². The van der Waals surface area contributed by atoms with Gasteiger partial charge in [-0.15, -0.1) is 0 Å². The van der Waals surface area contributed by atoms with Crippen molar-refractivity contribution >= 4 is 17.0 Å². The molecule has 1 aliphatic heterocycles. The number of fused-ring (bicyclic) bond motifs is 2. The Balaban J connectivity index is 1.64. The molecule has 0 amide bonds. The molecule has 202 valence electrons. The van der Waals surface area contributed by atoms with Gasteiger partial charge >= 0.3 is 0 Å². The minimum absolute atomic E-state index is 0.0289. The van der Waals surface area contributed by atoms with Gasteiger partial charge in [0.15, 0.2) is 13.6 Å². The summed E-state index contributed by atoms with van der Waals surface area (Å²) in [5.74, 6) is 1.86. The Labute approximate surface area is 226 Å². The maximum atomic E-state index is 14.0. The number of methoxy groups -OCH3 is 2. The highest BCUT2D eigenvalue weighted by Gasteiger charge is 2.25. The van der Waals surface area contributed by atoms with Gasteiger partial charge in [0.25, 0.3) is 0 Å². The van der Waals surface area contributed by atoms with Crippen LogP contribution in [0.2, 0.25) is 0 Å². The van der Waals surface area contributed by atoms with Crippen LogP contribution in [0.15, 0.2) is 76.1 Å². The van der Waals surface area contributed by atoms with Crippen LogP contribution in [-0.4, -0.2) is 33.4 Å². The Hall–Kier alpha value is -4.27. The second-order valence-electron chi connectivity index (χ2n) is 9.57. The van der Waals surface area contributed by atoms with Gasteiger partial charge in [0.2, 0.25) is 5.43 Å². The summed E-state index contributed by atoms with van der Waals surface area (Å²) >= 11 is 0. The molecule has 0 atom stereocenters. The van der Waals surface area contributed by atoms with Gasteiger partial charge in [-0.2, -0.15) is 0 Å². The first-order valence-electron chi connectivity index (χ1n) is 12.4. The minimum atomic E-state index is -0.469. The van der Waals surface area contributed by atoms with E-state index in [4.69, 9.17) is 32.8 Å². The Morgan fingerprint density at radius 1 is 0.846 bits per heavy atom. The lowest BCUT2D eigenvalue weighted by Crippen LogP contribution is -2.27. The van der Waals surface area contributed by atoms with Crippen molar-refractivity contribution in [3.05, 3.63) is 88.3 Å². The summed E-state index contributed by atoms with van der Waals surface area (Å²) in [5, 5.41) is 0.258. The van der Waals surface area contributed by atoms with Crippen LogP contribution in [-0.2, 0) is 16.1 Å². The molecule has 39 heavy (non-hydrogen) atoms. The summed E-state index contributed by atoms with van der Waals surface area (Å²) in [6, 6.07) is 16.8. The lowest BCUT2D eigenvalue weighted by atomic mass is 9.97. The zero-order valence-corrected chi connectivity index (χ0v) is 22.3. The summed E-state index contributed by atoms with van der Waals surface area (Å²) in [6.45, 7) is 4.24. The van der Waals surface area contributed by atoms with E-state index < -0.39 is 5.60 Å². The molecule has 0 unspecified atom stereocenters. The first-order valence-corrected chi connectivity index (χ1v) is 12.4. The van der Waals surface area contributed by atoms with E-state index in [1.165, 1.54) is 20.5 Å². The van der Waals surface area contributed by atoms with Gasteiger partial charge in [-0.05, 0) is 31.6 Å². The first kappa shape index (κ1) is 26.3. The van der Waals surface area contributed by atoms with Gasteiger partial charge in [0.1, 0.15) is 52.4 Å². The van der Waals surface area contributed by atoms with E-state index in [1.807, 2.05) is 68.5 Å². The molecular formula is C31H30O8. The number of hydrogen-bond donors (Lipinski definition) is 0. The summed E-state index contributed by atoms with van der Waals surface area (Å²) in [5.41, 5.74) is 2.26. The van der Waals surface area contributed by atoms with Gasteiger partial charge in [0, 0.05) is 43.5 Å². The molecule has 0 bridgehead atoms. The number of ether oxygens (including phenoxy) is 6. The highest BCUT2D eigenvalue weighted by molar-refractivity contribution is 5.89. The number of rotatable bonds is 10. The summed E-state index contributed by atoms with van der Waals surface area (Å²) in [4.78, 5) is 14.0. The Kier molecular flexibility index (Phi) is 7.58. The molecule has 3 aromatic carbocycles. The Morgan fingerprint density at radius 2 is 1.62 bits per heavy atom. The third-order valence-corrected chi connectivity index (χ3v) is 6.17. The van der Waals surface area contributed by atoms with Crippen molar-refractivity contribution < 1.29 is 32.8 Å². The molecule has 0 radical (unpaired) electrons. The smallest absolute Gasteiger partial charge is 0.204 e. The second kappa shape index (κ2) is 11.2. The highest BCUT2D eigenvalue weighted by atomic mass is 16.7. The lowest BCUT2D eigenvalue weighted by Gasteiger charge is -2.28. The van der Waals surface area contributed by atoms with Crippen LogP contribution in [0.4, 0.5) is 0 Å². The average Bonchev–Trinajstić information content (AvgIpc) is 2.93. The summed E-state index contributed by atoms with van der Waals surface area (Å²) in [6.07, 6.45) is 5.39. The fourth-order valence-corrected chi connectivity index (χ4v) is 4.30. The fraction of sp³-hybridized carbons (Fsp3) is 0.258. The lowest BCUT2D eigenvalue weighted by molar-refractivity contribution is 0.0467. The topological polar surface area (TPSA) is 85.6 Å². The van der Waals surface area contributed by atoms with Gasteiger partial charge < -0.3 is 32.8 Å². The van der Waals surface area contributed by atoms with Gasteiger partial charge in [-0.3, -0.25) is 4.79 Å². The molecule has 0 spiro atoms. The number of benzene rings is 3. The Morgan fingerprint density at radius 3 is 2.38 bits per heavy atom. The summed E-state index contributed by atoms with van der Waals surface area (Å²) < 4.78 is 39.8. The molecule has 0 saturated carbocycles. The van der Waals surface area contributed by atoms with E-state index in [0.717, 1.165) is 11.1 Å². The monoisotopic (exact) mass is 530 g/mol. The Bertz CT molecular complexity index is 1550. The van der Waals surface area contributed by atoms with Gasteiger partial charge in [0.05, 0.1) is 5.56 Å². The van der Waals surface area contributed by atoms with Crippen molar-refractivity contribution in [3.63, 3.8) is 0 Å². The molecule has 1 aromatic heterocycles. The van der Waals surface area contributed by atoms with Crippen LogP contribution < -0.4 is 24.4 Å². The van der Waals surface area contributed by atoms with Crippen molar-refractivity contribution in [2.45, 2.75) is 26.1 Å². The quantitative estimate of drug-likeness (QED) is 0.225. The normalized spacial score (nSPS) is 13.5. The van der Waals surface area contributed by atoms with Crippen LogP contribution in [0.25, 0.3) is 28.2 Å². The van der Waals surface area contributed by atoms with E-state index in [-0.39, 0.29) is 30.2 Å². The predicted octanol–water partition coefficient (Wildman–Crippen LogP) is 6.19. The van der Waals surface area contributed by atoms with Crippen LogP contribution in [0.5, 0.6) is 23.0 Å². The maximum absolute atomic E-state index is 14.0. The van der Waals surface area contributed by atoms with Crippen molar-refractivity contribution in [2.75, 3.05) is 27.8 Å². The van der Waals surface area contributed by atoms with Crippen molar-refractivity contribution in [2.24, 2.45) is 0 Å². The van der Waals surface area contributed by atoms with Crippen LogP contribution in [0.3, 0.4) is 0 Å². The SMILES string of the molecule is COCOc1cc(OCOC)c2c(=O)c(-c3cc4c(cc3OCc3ccccc3)OC(C)(C)C=C4)coc2c1. The number of hydrogen-bond acceptors (Lipinski definition) is 8. The van der Waals surface area contributed by atoms with E-state index in [2.05, 4.69) is 0 Å². The third kappa shape index (κ3) is 5.77. The molecule has 0 N–H and O–H groups in total. The van der Waals surface area contributed by atoms with Gasteiger partial charge in [-0.25, -0.2) is 0 Å². The third-order valence-electron chi connectivity index (χ3n) is 6.17. The molecule has 5 rings (SSSR count). The molecular weight excluding hydrogens is 500 g/mol. The maximum Gasteiger partial charge on any atom is 0.204 e. The van der Waals surface area contributed by atoms with Crippen LogP contribution in [0.1, 0.15) is 25.0 Å². The molecule has 8 nitrogen and oxygen atoms in total. The van der Waals surface area contributed by atoms with Crippen molar-refractivity contribution in [1.29, 1.82) is 0 Å². The zero-order valence-electron chi connectivity index (χ0n) is 22.3. The highest BCUT2D eigenvalue weighted by Crippen LogP contribution is 2.41. The van der Waals surface area contributed by atoms with E-state index in [1.54, 1.807) is 12.1 Å². The largest absolute Gasteiger partial charge is 0.488 e. The van der Waals surface area contributed by atoms with Gasteiger partial charge in [-0.1, -0.05) is 36.4 Å². The zero-order chi connectivity index (χ0) is 27.4. The molecule has 1 aliphatic rings. The molecule has 8 heteroatoms. The molecule has 2 heterocycles. The van der Waals surface area contributed by atoms with E-state index in [0.29, 0.717) is 40.6 Å². The standard InChI is InChI=1S/C31H30O8/c1-31(2)11-10-21-12-23(26(15-25(21)39-31)35-16-20-8-6-5-7-9-20)24-17-36-27-13-22(37-18-33-3)14-28(38-19-34-4)29(27)30(24)32/h5-15,17H,16,18-19H2,1-4H3. The average molecular weight is 531 g/mol. The predicted molar refractivity (Wildman–Crippen MR) is 147 cm³/mol.